The monoisotopic (exact) mass is 895 g/mol. The van der Waals surface area contributed by atoms with Gasteiger partial charge in [-0.25, -0.2) is 19.9 Å². The van der Waals surface area contributed by atoms with E-state index in [2.05, 4.69) is 213 Å². The van der Waals surface area contributed by atoms with Crippen LogP contribution in [0.3, 0.4) is 0 Å². The van der Waals surface area contributed by atoms with Gasteiger partial charge in [-0.3, -0.25) is 0 Å². The molecule has 1 aliphatic rings. The van der Waals surface area contributed by atoms with Gasteiger partial charge in [0.25, 0.3) is 0 Å². The smallest absolute Gasteiger partial charge is 0.166 e. The largest absolute Gasteiger partial charge is 0.308 e. The van der Waals surface area contributed by atoms with E-state index in [0.29, 0.717) is 17.5 Å². The van der Waals surface area contributed by atoms with Crippen LogP contribution < -0.4 is 0 Å². The van der Waals surface area contributed by atoms with Crippen LogP contribution in [0.2, 0.25) is 0 Å². The molecule has 0 atom stereocenters. The number of aromatic nitrogens is 5. The Morgan fingerprint density at radius 3 is 1.57 bits per heavy atom. The third kappa shape index (κ3) is 6.93. The molecule has 70 heavy (non-hydrogen) atoms. The minimum absolute atomic E-state index is 0.145. The molecule has 0 aliphatic heterocycles. The number of nitrogens with zero attached hydrogens (tertiary/aromatic N) is 5. The van der Waals surface area contributed by atoms with E-state index in [-0.39, 0.29) is 5.41 Å². The molecule has 0 saturated heterocycles. The lowest BCUT2D eigenvalue weighted by Crippen LogP contribution is -2.14. The second kappa shape index (κ2) is 16.6. The summed E-state index contributed by atoms with van der Waals surface area (Å²) in [6.07, 6.45) is 0. The van der Waals surface area contributed by atoms with Crippen molar-refractivity contribution in [3.63, 3.8) is 0 Å². The first-order chi connectivity index (χ1) is 34.5. The highest BCUT2D eigenvalue weighted by molar-refractivity contribution is 6.18. The maximum Gasteiger partial charge on any atom is 0.166 e. The van der Waals surface area contributed by atoms with Crippen molar-refractivity contribution < 1.29 is 0 Å². The van der Waals surface area contributed by atoms with Crippen molar-refractivity contribution in [3.8, 4) is 95.7 Å². The minimum atomic E-state index is -0.145. The van der Waals surface area contributed by atoms with E-state index in [4.69, 9.17) is 19.9 Å². The van der Waals surface area contributed by atoms with Crippen LogP contribution in [0.4, 0.5) is 0 Å². The Morgan fingerprint density at radius 2 is 0.871 bits per heavy atom. The highest BCUT2D eigenvalue weighted by atomic mass is 15.1. The van der Waals surface area contributed by atoms with Gasteiger partial charge in [0, 0.05) is 44.0 Å². The standard InChI is InChI=1S/C65H45N5/c1-65(2)53-32-17-15-30-50(53)60-54(65)35-37-59-61(60)51-31-16-18-33-57(51)70(59)58-36-34-47(39-52(58)64-68-62(44-24-11-5-12-25-44)67-63(69-64)45-26-13-6-14-27-45)49-40-55(43-22-9-4-10-23-43)66-56(41-49)48-29-19-28-46(38-48)42-20-7-3-8-21-42/h3-41H,1-2H3. The number of fused-ring (bicyclic) bond motifs is 7. The second-order valence-corrected chi connectivity index (χ2v) is 18.6. The van der Waals surface area contributed by atoms with Crippen molar-refractivity contribution in [2.45, 2.75) is 19.3 Å². The summed E-state index contributed by atoms with van der Waals surface area (Å²) in [5, 5.41) is 2.45. The summed E-state index contributed by atoms with van der Waals surface area (Å²) < 4.78 is 2.43. The Labute approximate surface area is 407 Å². The zero-order chi connectivity index (χ0) is 46.8. The molecule has 0 bridgehead atoms. The van der Waals surface area contributed by atoms with Gasteiger partial charge in [0.05, 0.1) is 28.1 Å². The Hall–Kier alpha value is -9.06. The molecule has 0 fully saturated rings. The SMILES string of the molecule is CC1(C)c2ccccc2-c2c1ccc1c2c2ccccc2n1-c1ccc(-c2cc(-c3ccccc3)nc(-c3cccc(-c4ccccc4)c3)c2)cc1-c1nc(-c2ccccc2)nc(-c2ccccc2)n1. The van der Waals surface area contributed by atoms with Gasteiger partial charge < -0.3 is 4.57 Å². The van der Waals surface area contributed by atoms with Gasteiger partial charge in [-0.15, -0.1) is 0 Å². The van der Waals surface area contributed by atoms with E-state index in [1.807, 2.05) is 42.5 Å². The van der Waals surface area contributed by atoms with Crippen LogP contribution in [0.1, 0.15) is 25.0 Å². The van der Waals surface area contributed by atoms with Crippen LogP contribution >= 0.6 is 0 Å². The second-order valence-electron chi connectivity index (χ2n) is 18.6. The molecule has 13 rings (SSSR count). The molecule has 0 N–H and O–H groups in total. The maximum atomic E-state index is 5.39. The molecule has 5 heteroatoms. The fraction of sp³-hybridized carbons (Fsp3) is 0.0462. The third-order valence-corrected chi connectivity index (χ3v) is 14.1. The number of benzene rings is 9. The lowest BCUT2D eigenvalue weighted by Gasteiger charge is -2.21. The van der Waals surface area contributed by atoms with E-state index < -0.39 is 0 Å². The summed E-state index contributed by atoms with van der Waals surface area (Å²) in [6, 6.07) is 83.7. The average Bonchev–Trinajstić information content (AvgIpc) is 3.89. The van der Waals surface area contributed by atoms with Crippen LogP contribution in [0, 0.1) is 0 Å². The van der Waals surface area contributed by atoms with Crippen molar-refractivity contribution >= 4 is 21.8 Å². The highest BCUT2D eigenvalue weighted by Crippen LogP contribution is 2.53. The topological polar surface area (TPSA) is 56.5 Å². The molecule has 3 heterocycles. The van der Waals surface area contributed by atoms with E-state index in [0.717, 1.165) is 78.2 Å². The van der Waals surface area contributed by atoms with Crippen LogP contribution in [0.5, 0.6) is 0 Å². The predicted octanol–water partition coefficient (Wildman–Crippen LogP) is 16.3. The first-order valence-electron chi connectivity index (χ1n) is 23.9. The van der Waals surface area contributed by atoms with Gasteiger partial charge in [0.15, 0.2) is 17.5 Å². The molecular weight excluding hydrogens is 851 g/mol. The van der Waals surface area contributed by atoms with Crippen molar-refractivity contribution in [1.82, 2.24) is 24.5 Å². The molecule has 1 aliphatic carbocycles. The van der Waals surface area contributed by atoms with Gasteiger partial charge in [0.1, 0.15) is 0 Å². The molecule has 3 aromatic heterocycles. The molecule has 12 aromatic rings. The molecular formula is C65H45N5. The Bertz CT molecular complexity index is 3890. The molecule has 9 aromatic carbocycles. The zero-order valence-corrected chi connectivity index (χ0v) is 38.8. The van der Waals surface area contributed by atoms with E-state index in [1.54, 1.807) is 0 Å². The van der Waals surface area contributed by atoms with Crippen LogP contribution in [0.25, 0.3) is 118 Å². The zero-order valence-electron chi connectivity index (χ0n) is 38.8. The first-order valence-corrected chi connectivity index (χ1v) is 23.9. The summed E-state index contributed by atoms with van der Waals surface area (Å²) in [7, 11) is 0. The molecule has 5 nitrogen and oxygen atoms in total. The average molecular weight is 896 g/mol. The number of para-hydroxylation sites is 1. The number of rotatable bonds is 8. The molecule has 0 radical (unpaired) electrons. The normalized spacial score (nSPS) is 12.5. The van der Waals surface area contributed by atoms with Crippen LogP contribution in [-0.2, 0) is 5.41 Å². The Morgan fingerprint density at radius 1 is 0.329 bits per heavy atom. The van der Waals surface area contributed by atoms with Gasteiger partial charge in [-0.2, -0.15) is 0 Å². The minimum Gasteiger partial charge on any atom is -0.308 e. The van der Waals surface area contributed by atoms with Crippen molar-refractivity contribution in [2.75, 3.05) is 0 Å². The Kier molecular flexibility index (Phi) is 9.77. The number of pyridine rings is 1. The molecule has 0 unspecified atom stereocenters. The van der Waals surface area contributed by atoms with E-state index in [1.165, 1.54) is 33.0 Å². The van der Waals surface area contributed by atoms with Gasteiger partial charge >= 0.3 is 0 Å². The summed E-state index contributed by atoms with van der Waals surface area (Å²) in [4.78, 5) is 21.3. The van der Waals surface area contributed by atoms with Gasteiger partial charge in [0.2, 0.25) is 0 Å². The first kappa shape index (κ1) is 41.2. The number of hydrogen-bond donors (Lipinski definition) is 0. The molecule has 0 spiro atoms. The van der Waals surface area contributed by atoms with Crippen LogP contribution in [0.15, 0.2) is 237 Å². The van der Waals surface area contributed by atoms with Crippen molar-refractivity contribution in [3.05, 3.63) is 248 Å². The van der Waals surface area contributed by atoms with E-state index in [9.17, 15) is 0 Å². The fourth-order valence-electron chi connectivity index (χ4n) is 10.6. The lowest BCUT2D eigenvalue weighted by molar-refractivity contribution is 0.661. The lowest BCUT2D eigenvalue weighted by atomic mass is 9.82. The van der Waals surface area contributed by atoms with Gasteiger partial charge in [-0.1, -0.05) is 208 Å². The molecule has 0 saturated carbocycles. The summed E-state index contributed by atoms with van der Waals surface area (Å²) in [5.41, 5.74) is 19.3. The molecule has 330 valence electrons. The highest BCUT2D eigenvalue weighted by Gasteiger charge is 2.37. The van der Waals surface area contributed by atoms with Gasteiger partial charge in [-0.05, 0) is 87.0 Å². The third-order valence-electron chi connectivity index (χ3n) is 14.1. The summed E-state index contributed by atoms with van der Waals surface area (Å²) >= 11 is 0. The molecule has 0 amide bonds. The van der Waals surface area contributed by atoms with Crippen molar-refractivity contribution in [1.29, 1.82) is 0 Å². The number of hydrogen-bond acceptors (Lipinski definition) is 4. The predicted molar refractivity (Wildman–Crippen MR) is 288 cm³/mol. The van der Waals surface area contributed by atoms with E-state index >= 15 is 0 Å². The van der Waals surface area contributed by atoms with Crippen molar-refractivity contribution in [2.24, 2.45) is 0 Å². The summed E-state index contributed by atoms with van der Waals surface area (Å²) in [5.74, 6) is 1.79. The fourth-order valence-corrected chi connectivity index (χ4v) is 10.6. The Balaban J connectivity index is 1.09. The maximum absolute atomic E-state index is 5.39. The van der Waals surface area contributed by atoms with Crippen LogP contribution in [-0.4, -0.2) is 24.5 Å². The quantitative estimate of drug-likeness (QED) is 0.152. The summed E-state index contributed by atoms with van der Waals surface area (Å²) in [6.45, 7) is 4.70.